The molecule has 1 heterocycles. The minimum absolute atomic E-state index is 0.163. The fourth-order valence-corrected chi connectivity index (χ4v) is 5.99. The SMILES string of the molecule is COCc1cc(C(=O)Nc2ccc(C)cc2OCCCCCC(=O)N2CCN(C)CC2)ccc1NC(=O)c1ccc(OC)cc1OCc1ccccc1. The number of hydrogen-bond donors (Lipinski definition) is 2. The first-order valence-electron chi connectivity index (χ1n) is 18.0. The lowest BCUT2D eigenvalue weighted by molar-refractivity contribution is -0.132. The molecule has 53 heavy (non-hydrogen) atoms. The van der Waals surface area contributed by atoms with Crippen molar-refractivity contribution < 1.29 is 33.3 Å². The molecule has 0 spiro atoms. The Hall–Kier alpha value is -5.39. The van der Waals surface area contributed by atoms with Crippen LogP contribution in [-0.2, 0) is 22.7 Å². The Kier molecular flexibility index (Phi) is 14.2. The van der Waals surface area contributed by atoms with E-state index in [9.17, 15) is 14.4 Å². The number of hydrogen-bond acceptors (Lipinski definition) is 8. The highest BCUT2D eigenvalue weighted by Gasteiger charge is 2.20. The Balaban J connectivity index is 1.19. The maximum Gasteiger partial charge on any atom is 0.259 e. The zero-order valence-electron chi connectivity index (χ0n) is 31.1. The van der Waals surface area contributed by atoms with E-state index < -0.39 is 0 Å². The molecule has 280 valence electrons. The van der Waals surface area contributed by atoms with Crippen molar-refractivity contribution in [1.82, 2.24) is 9.80 Å². The molecule has 0 unspecified atom stereocenters. The molecule has 0 aliphatic carbocycles. The van der Waals surface area contributed by atoms with Crippen molar-refractivity contribution in [3.63, 3.8) is 0 Å². The van der Waals surface area contributed by atoms with Crippen LogP contribution in [0.1, 0.15) is 63.1 Å². The lowest BCUT2D eigenvalue weighted by atomic mass is 10.1. The standard InChI is InChI=1S/C42H50N4O7/c1-30-14-18-37(39(25-30)52-24-10-6-9-13-40(47)46-22-20-45(2)21-23-46)44-41(48)32-15-19-36(33(26-32)29-50-3)43-42(49)35-17-16-34(51-4)27-38(35)53-28-31-11-7-5-8-12-31/h5,7-8,11-12,14-19,25-27H,6,9-10,13,20-24,28-29H2,1-4H3,(H,43,49)(H,44,48). The molecule has 0 atom stereocenters. The number of aryl methyl sites for hydroxylation is 1. The lowest BCUT2D eigenvalue weighted by Gasteiger charge is -2.32. The Labute approximate surface area is 312 Å². The summed E-state index contributed by atoms with van der Waals surface area (Å²) in [7, 11) is 5.19. The number of amides is 3. The van der Waals surface area contributed by atoms with Crippen LogP contribution >= 0.6 is 0 Å². The first-order valence-corrected chi connectivity index (χ1v) is 18.0. The number of carbonyl (C=O) groups excluding carboxylic acids is 3. The van der Waals surface area contributed by atoms with E-state index in [1.165, 1.54) is 0 Å². The van der Waals surface area contributed by atoms with E-state index >= 15 is 0 Å². The average Bonchev–Trinajstić information content (AvgIpc) is 3.17. The summed E-state index contributed by atoms with van der Waals surface area (Å²) in [6.45, 7) is 6.32. The van der Waals surface area contributed by atoms with Crippen LogP contribution in [-0.4, -0.2) is 81.6 Å². The minimum Gasteiger partial charge on any atom is -0.497 e. The number of ether oxygens (including phenoxy) is 4. The minimum atomic E-state index is -0.381. The molecule has 3 amide bonds. The van der Waals surface area contributed by atoms with E-state index in [2.05, 4.69) is 22.6 Å². The number of likely N-dealkylation sites (N-methyl/N-ethyl adjacent to an activating group) is 1. The zero-order valence-corrected chi connectivity index (χ0v) is 31.1. The number of nitrogens with zero attached hydrogens (tertiary/aromatic N) is 2. The van der Waals surface area contributed by atoms with Crippen molar-refractivity contribution in [2.45, 2.75) is 45.8 Å². The molecule has 0 bridgehead atoms. The summed E-state index contributed by atoms with van der Waals surface area (Å²) in [6.07, 6.45) is 3.03. The Bertz CT molecular complexity index is 1840. The predicted molar refractivity (Wildman–Crippen MR) is 206 cm³/mol. The molecule has 0 aromatic heterocycles. The quantitative estimate of drug-likeness (QED) is 0.113. The Morgan fingerprint density at radius 3 is 2.23 bits per heavy atom. The van der Waals surface area contributed by atoms with E-state index in [4.69, 9.17) is 18.9 Å². The molecule has 4 aromatic rings. The second-order valence-corrected chi connectivity index (χ2v) is 13.2. The van der Waals surface area contributed by atoms with Crippen molar-refractivity contribution in [1.29, 1.82) is 0 Å². The van der Waals surface area contributed by atoms with Gasteiger partial charge in [0.2, 0.25) is 5.91 Å². The summed E-state index contributed by atoms with van der Waals surface area (Å²) >= 11 is 0. The van der Waals surface area contributed by atoms with Gasteiger partial charge >= 0.3 is 0 Å². The van der Waals surface area contributed by atoms with Crippen molar-refractivity contribution in [3.8, 4) is 17.2 Å². The average molecular weight is 723 g/mol. The van der Waals surface area contributed by atoms with Crippen molar-refractivity contribution in [2.24, 2.45) is 0 Å². The van der Waals surface area contributed by atoms with Gasteiger partial charge in [-0.05, 0) is 86.8 Å². The van der Waals surface area contributed by atoms with Crippen LogP contribution in [0.15, 0.2) is 84.9 Å². The number of anilines is 2. The molecule has 1 saturated heterocycles. The maximum atomic E-state index is 13.6. The molecule has 5 rings (SSSR count). The van der Waals surface area contributed by atoms with Crippen LogP contribution in [0.3, 0.4) is 0 Å². The second-order valence-electron chi connectivity index (χ2n) is 13.2. The third-order valence-electron chi connectivity index (χ3n) is 9.12. The molecule has 1 aliphatic heterocycles. The second kappa shape index (κ2) is 19.4. The summed E-state index contributed by atoms with van der Waals surface area (Å²) in [5.41, 5.74) is 4.37. The normalized spacial score (nSPS) is 12.9. The Morgan fingerprint density at radius 1 is 0.717 bits per heavy atom. The monoisotopic (exact) mass is 722 g/mol. The van der Waals surface area contributed by atoms with Gasteiger partial charge in [0.15, 0.2) is 0 Å². The van der Waals surface area contributed by atoms with Gasteiger partial charge in [0.1, 0.15) is 23.9 Å². The number of benzene rings is 4. The van der Waals surface area contributed by atoms with Crippen molar-refractivity contribution in [2.75, 3.05) is 64.7 Å². The number of rotatable bonds is 17. The molecular formula is C42H50N4O7. The van der Waals surface area contributed by atoms with Gasteiger partial charge < -0.3 is 39.4 Å². The number of piperazine rings is 1. The van der Waals surface area contributed by atoms with Gasteiger partial charge in [-0.3, -0.25) is 14.4 Å². The fourth-order valence-electron chi connectivity index (χ4n) is 5.99. The molecule has 0 radical (unpaired) electrons. The highest BCUT2D eigenvalue weighted by molar-refractivity contribution is 6.08. The molecule has 0 saturated carbocycles. The van der Waals surface area contributed by atoms with E-state index in [0.29, 0.717) is 58.3 Å². The number of nitrogens with one attached hydrogen (secondary N) is 2. The largest absolute Gasteiger partial charge is 0.497 e. The zero-order chi connectivity index (χ0) is 37.6. The molecule has 11 nitrogen and oxygen atoms in total. The van der Waals surface area contributed by atoms with Gasteiger partial charge in [-0.1, -0.05) is 36.4 Å². The smallest absolute Gasteiger partial charge is 0.259 e. The molecule has 2 N–H and O–H groups in total. The molecule has 11 heteroatoms. The first-order chi connectivity index (χ1) is 25.7. The van der Waals surface area contributed by atoms with E-state index in [1.807, 2.05) is 60.4 Å². The van der Waals surface area contributed by atoms with Gasteiger partial charge in [-0.2, -0.15) is 0 Å². The van der Waals surface area contributed by atoms with E-state index in [-0.39, 0.29) is 30.9 Å². The summed E-state index contributed by atoms with van der Waals surface area (Å²) < 4.78 is 23.0. The summed E-state index contributed by atoms with van der Waals surface area (Å²) in [6, 6.07) is 25.4. The topological polar surface area (TPSA) is 119 Å². The number of methoxy groups -OCH3 is 2. The lowest BCUT2D eigenvalue weighted by Crippen LogP contribution is -2.47. The van der Waals surface area contributed by atoms with Gasteiger partial charge in [0.05, 0.1) is 31.6 Å². The number of unbranched alkanes of at least 4 members (excludes halogenated alkanes) is 2. The third-order valence-corrected chi connectivity index (χ3v) is 9.12. The molecular weight excluding hydrogens is 672 g/mol. The van der Waals surface area contributed by atoms with E-state index in [1.54, 1.807) is 50.6 Å². The third kappa shape index (κ3) is 11.3. The van der Waals surface area contributed by atoms with Crippen LogP contribution in [0.2, 0.25) is 0 Å². The van der Waals surface area contributed by atoms with Gasteiger partial charge in [-0.25, -0.2) is 0 Å². The van der Waals surface area contributed by atoms with E-state index in [0.717, 1.165) is 56.6 Å². The van der Waals surface area contributed by atoms with Crippen molar-refractivity contribution >= 4 is 29.1 Å². The van der Waals surface area contributed by atoms with Gasteiger partial charge in [0, 0.05) is 62.6 Å². The summed E-state index contributed by atoms with van der Waals surface area (Å²) in [4.78, 5) is 43.9. The maximum absolute atomic E-state index is 13.6. The summed E-state index contributed by atoms with van der Waals surface area (Å²) in [5, 5.41) is 5.95. The Morgan fingerprint density at radius 2 is 1.47 bits per heavy atom. The van der Waals surface area contributed by atoms with Crippen LogP contribution < -0.4 is 24.8 Å². The van der Waals surface area contributed by atoms with Gasteiger partial charge in [0.25, 0.3) is 11.8 Å². The summed E-state index contributed by atoms with van der Waals surface area (Å²) in [5.74, 6) is 1.03. The molecule has 1 fully saturated rings. The number of carbonyl (C=O) groups is 3. The molecule has 4 aromatic carbocycles. The fraction of sp³-hybridized carbons (Fsp3) is 0.357. The van der Waals surface area contributed by atoms with Crippen LogP contribution in [0, 0.1) is 6.92 Å². The first kappa shape index (κ1) is 38.8. The van der Waals surface area contributed by atoms with Crippen molar-refractivity contribution in [3.05, 3.63) is 113 Å². The highest BCUT2D eigenvalue weighted by atomic mass is 16.5. The van der Waals surface area contributed by atoms with Crippen LogP contribution in [0.25, 0.3) is 0 Å². The van der Waals surface area contributed by atoms with Gasteiger partial charge in [-0.15, -0.1) is 0 Å². The highest BCUT2D eigenvalue weighted by Crippen LogP contribution is 2.30. The molecule has 1 aliphatic rings. The van der Waals surface area contributed by atoms with Crippen LogP contribution in [0.4, 0.5) is 11.4 Å². The van der Waals surface area contributed by atoms with Crippen LogP contribution in [0.5, 0.6) is 17.2 Å². The predicted octanol–water partition coefficient (Wildman–Crippen LogP) is 6.95.